The first-order valence-corrected chi connectivity index (χ1v) is 8.09. The summed E-state index contributed by atoms with van der Waals surface area (Å²) in [7, 11) is 0. The van der Waals surface area contributed by atoms with E-state index < -0.39 is 5.83 Å². The minimum absolute atomic E-state index is 0.409. The van der Waals surface area contributed by atoms with E-state index >= 15 is 0 Å². The maximum Gasteiger partial charge on any atom is 0.116 e. The molecule has 0 aromatic carbocycles. The fourth-order valence-electron chi connectivity index (χ4n) is 2.08. The lowest BCUT2D eigenvalue weighted by Crippen LogP contribution is -2.09. The third kappa shape index (κ3) is 11.0. The van der Waals surface area contributed by atoms with E-state index in [1.165, 1.54) is 25.3 Å². The van der Waals surface area contributed by atoms with Crippen LogP contribution in [0.4, 0.5) is 4.39 Å². The molecule has 0 fully saturated rings. The van der Waals surface area contributed by atoms with Crippen molar-refractivity contribution in [3.8, 4) is 0 Å². The first-order chi connectivity index (χ1) is 9.38. The molecule has 0 saturated carbocycles. The summed E-state index contributed by atoms with van der Waals surface area (Å²) >= 11 is 0. The third-order valence-electron chi connectivity index (χ3n) is 3.88. The summed E-state index contributed by atoms with van der Waals surface area (Å²) in [6.45, 7) is 20.3. The highest BCUT2D eigenvalue weighted by atomic mass is 19.1. The molecule has 0 aliphatic carbocycles. The molecule has 0 aromatic heterocycles. The van der Waals surface area contributed by atoms with Crippen molar-refractivity contribution in [2.75, 3.05) is 0 Å². The summed E-state index contributed by atoms with van der Waals surface area (Å²) in [4.78, 5) is 0. The van der Waals surface area contributed by atoms with Crippen LogP contribution in [0, 0.1) is 17.8 Å². The minimum atomic E-state index is -0.409. The molecular formula is C19H35F. The summed E-state index contributed by atoms with van der Waals surface area (Å²) in [5, 5.41) is 0. The normalized spacial score (nSPS) is 15.2. The van der Waals surface area contributed by atoms with Crippen LogP contribution in [0.15, 0.2) is 36.7 Å². The molecule has 0 bridgehead atoms. The molecule has 0 spiro atoms. The molecule has 0 rings (SSSR count). The molecule has 0 aliphatic heterocycles. The molecule has 1 heteroatoms. The zero-order valence-corrected chi connectivity index (χ0v) is 14.5. The van der Waals surface area contributed by atoms with Crippen LogP contribution < -0.4 is 0 Å². The van der Waals surface area contributed by atoms with Gasteiger partial charge in [-0.15, -0.1) is 0 Å². The summed E-state index contributed by atoms with van der Waals surface area (Å²) in [5.41, 5.74) is 0.990. The summed E-state index contributed by atoms with van der Waals surface area (Å²) in [5.74, 6) is 1.54. The van der Waals surface area contributed by atoms with Gasteiger partial charge in [0.2, 0.25) is 0 Å². The van der Waals surface area contributed by atoms with Crippen LogP contribution in [-0.2, 0) is 0 Å². The highest BCUT2D eigenvalue weighted by molar-refractivity contribution is 5.22. The molecular weight excluding hydrogens is 247 g/mol. The minimum Gasteiger partial charge on any atom is -0.208 e. The lowest BCUT2D eigenvalue weighted by molar-refractivity contribution is 0.323. The lowest BCUT2D eigenvalue weighted by Gasteiger charge is -2.21. The van der Waals surface area contributed by atoms with Crippen LogP contribution in [0.3, 0.4) is 0 Å². The van der Waals surface area contributed by atoms with Gasteiger partial charge in [0, 0.05) is 0 Å². The highest BCUT2D eigenvalue weighted by Gasteiger charge is 2.13. The van der Waals surface area contributed by atoms with Crippen molar-refractivity contribution in [2.45, 2.75) is 67.2 Å². The predicted octanol–water partition coefficient (Wildman–Crippen LogP) is 7.10. The monoisotopic (exact) mass is 282 g/mol. The van der Waals surface area contributed by atoms with Gasteiger partial charge in [-0.05, 0) is 36.7 Å². The summed E-state index contributed by atoms with van der Waals surface area (Å²) < 4.78 is 12.5. The van der Waals surface area contributed by atoms with Crippen molar-refractivity contribution in [3.63, 3.8) is 0 Å². The zero-order chi connectivity index (χ0) is 16.1. The van der Waals surface area contributed by atoms with Gasteiger partial charge in [-0.1, -0.05) is 79.2 Å². The van der Waals surface area contributed by atoms with E-state index in [4.69, 9.17) is 0 Å². The van der Waals surface area contributed by atoms with E-state index in [-0.39, 0.29) is 0 Å². The first-order valence-electron chi connectivity index (χ1n) is 8.09. The lowest BCUT2D eigenvalue weighted by atomic mass is 9.85. The summed E-state index contributed by atoms with van der Waals surface area (Å²) in [6, 6.07) is 0. The molecule has 0 heterocycles. The smallest absolute Gasteiger partial charge is 0.116 e. The molecule has 3 unspecified atom stereocenters. The molecule has 0 aromatic rings. The van der Waals surface area contributed by atoms with Crippen LogP contribution >= 0.6 is 0 Å². The van der Waals surface area contributed by atoms with Gasteiger partial charge in [-0.25, -0.2) is 4.39 Å². The molecule has 118 valence electrons. The van der Waals surface area contributed by atoms with Gasteiger partial charge in [0.1, 0.15) is 5.83 Å². The molecule has 0 nitrogen and oxygen atoms in total. The highest BCUT2D eigenvalue weighted by Crippen LogP contribution is 2.25. The predicted molar refractivity (Wildman–Crippen MR) is 91.5 cm³/mol. The fourth-order valence-corrected chi connectivity index (χ4v) is 2.08. The Kier molecular flexibility index (Phi) is 14.1. The topological polar surface area (TPSA) is 0 Å². The number of halogens is 1. The van der Waals surface area contributed by atoms with Gasteiger partial charge in [0.05, 0.1) is 0 Å². The first kappa shape index (κ1) is 21.4. The van der Waals surface area contributed by atoms with Crippen LogP contribution in [0.5, 0.6) is 0 Å². The second kappa shape index (κ2) is 13.1. The number of rotatable bonds is 9. The largest absolute Gasteiger partial charge is 0.208 e. The second-order valence-corrected chi connectivity index (χ2v) is 5.58. The van der Waals surface area contributed by atoms with Crippen molar-refractivity contribution >= 4 is 0 Å². The SMILES string of the molecule is C=C(F)/C=C\C(=C)C(C)CCC(C)C(C)CCC.CC. The van der Waals surface area contributed by atoms with Gasteiger partial charge in [-0.3, -0.25) is 0 Å². The molecule has 20 heavy (non-hydrogen) atoms. The van der Waals surface area contributed by atoms with Crippen molar-refractivity contribution in [2.24, 2.45) is 17.8 Å². The standard InChI is InChI=1S/C17H29F.C2H6/c1-7-8-13(2)14(3)9-10-15(4)16(5)11-12-17(6)18;1-2/h11-15H,5-10H2,1-4H3;1-2H3/b12-11-;. The maximum atomic E-state index is 12.5. The Morgan fingerprint density at radius 2 is 1.45 bits per heavy atom. The Morgan fingerprint density at radius 1 is 0.950 bits per heavy atom. The van der Waals surface area contributed by atoms with Crippen LogP contribution in [0.1, 0.15) is 67.2 Å². The van der Waals surface area contributed by atoms with Crippen molar-refractivity contribution in [1.82, 2.24) is 0 Å². The van der Waals surface area contributed by atoms with Crippen LogP contribution in [0.2, 0.25) is 0 Å². The van der Waals surface area contributed by atoms with E-state index in [1.54, 1.807) is 6.08 Å². The Hall–Kier alpha value is -0.850. The average molecular weight is 282 g/mol. The Bertz CT molecular complexity index is 288. The van der Waals surface area contributed by atoms with E-state index in [0.29, 0.717) is 5.92 Å². The number of hydrogen-bond donors (Lipinski definition) is 0. The molecule has 0 aliphatic rings. The molecule has 0 amide bonds. The Labute approximate surface area is 126 Å². The van der Waals surface area contributed by atoms with Gasteiger partial charge in [0.15, 0.2) is 0 Å². The van der Waals surface area contributed by atoms with E-state index in [2.05, 4.69) is 40.9 Å². The van der Waals surface area contributed by atoms with Gasteiger partial charge < -0.3 is 0 Å². The van der Waals surface area contributed by atoms with Crippen molar-refractivity contribution < 1.29 is 4.39 Å². The zero-order valence-electron chi connectivity index (χ0n) is 14.5. The molecule has 0 N–H and O–H groups in total. The van der Waals surface area contributed by atoms with Gasteiger partial charge in [-0.2, -0.15) is 0 Å². The van der Waals surface area contributed by atoms with Crippen molar-refractivity contribution in [1.29, 1.82) is 0 Å². The summed E-state index contributed by atoms with van der Waals surface area (Å²) in [6.07, 6.45) is 8.03. The van der Waals surface area contributed by atoms with Crippen molar-refractivity contribution in [3.05, 3.63) is 36.7 Å². The van der Waals surface area contributed by atoms with Crippen LogP contribution in [-0.4, -0.2) is 0 Å². The molecule has 0 saturated heterocycles. The fraction of sp³-hybridized carbons (Fsp3) is 0.684. The Morgan fingerprint density at radius 3 is 1.90 bits per heavy atom. The number of hydrogen-bond acceptors (Lipinski definition) is 0. The van der Waals surface area contributed by atoms with Crippen LogP contribution in [0.25, 0.3) is 0 Å². The maximum absolute atomic E-state index is 12.5. The van der Waals surface area contributed by atoms with E-state index in [9.17, 15) is 4.39 Å². The van der Waals surface area contributed by atoms with E-state index in [1.807, 2.05) is 13.8 Å². The van der Waals surface area contributed by atoms with E-state index in [0.717, 1.165) is 23.8 Å². The third-order valence-corrected chi connectivity index (χ3v) is 3.88. The second-order valence-electron chi connectivity index (χ2n) is 5.58. The quantitative estimate of drug-likeness (QED) is 0.396. The molecule has 0 radical (unpaired) electrons. The van der Waals surface area contributed by atoms with Gasteiger partial charge >= 0.3 is 0 Å². The number of allylic oxidation sites excluding steroid dienone is 4. The average Bonchev–Trinajstić information content (AvgIpc) is 2.43. The molecule has 3 atom stereocenters. The van der Waals surface area contributed by atoms with Gasteiger partial charge in [0.25, 0.3) is 0 Å². The Balaban J connectivity index is 0.